The Bertz CT molecular complexity index is 587. The van der Waals surface area contributed by atoms with Crippen LogP contribution in [0.25, 0.3) is 10.9 Å². The number of aromatic nitrogens is 1. The zero-order chi connectivity index (χ0) is 13.7. The highest BCUT2D eigenvalue weighted by Crippen LogP contribution is 2.14. The molecule has 1 heterocycles. The summed E-state index contributed by atoms with van der Waals surface area (Å²) < 4.78 is 13.0. The maximum Gasteiger partial charge on any atom is 0.226 e. The molecule has 19 heavy (non-hydrogen) atoms. The maximum absolute atomic E-state index is 13.0. The molecule has 1 aromatic carbocycles. The molecular weight excluding hydrogens is 247 g/mol. The van der Waals surface area contributed by atoms with Crippen molar-refractivity contribution in [1.82, 2.24) is 10.3 Å². The zero-order valence-electron chi connectivity index (χ0n) is 10.4. The summed E-state index contributed by atoms with van der Waals surface area (Å²) in [5.41, 5.74) is 1.31. The molecule has 2 N–H and O–H groups in total. The van der Waals surface area contributed by atoms with Gasteiger partial charge >= 0.3 is 0 Å². The summed E-state index contributed by atoms with van der Waals surface area (Å²) in [5.74, 6) is -0.439. The van der Waals surface area contributed by atoms with Crippen LogP contribution in [0.2, 0.25) is 0 Å². The lowest BCUT2D eigenvalue weighted by Gasteiger charge is -2.05. The number of carbonyl (C=O) groups is 1. The third-order valence-corrected chi connectivity index (χ3v) is 2.71. The van der Waals surface area contributed by atoms with Gasteiger partial charge in [-0.05, 0) is 30.7 Å². The number of fused-ring (bicyclic) bond motifs is 1. The number of carbonyl (C=O) groups excluding carboxylic acids is 1. The topological polar surface area (TPSA) is 62.2 Å². The Kier molecular flexibility index (Phi) is 4.41. The molecule has 2 rings (SSSR count). The number of hydrogen-bond acceptors (Lipinski definition) is 3. The van der Waals surface area contributed by atoms with Crippen LogP contribution >= 0.6 is 0 Å². The number of hydrogen-bond donors (Lipinski definition) is 2. The van der Waals surface area contributed by atoms with Gasteiger partial charge in [0.2, 0.25) is 5.91 Å². The number of rotatable bonds is 5. The second-order valence-corrected chi connectivity index (χ2v) is 4.24. The Morgan fingerprint density at radius 1 is 1.32 bits per heavy atom. The van der Waals surface area contributed by atoms with Gasteiger partial charge in [0.1, 0.15) is 5.82 Å². The number of halogens is 1. The number of nitrogens with zero attached hydrogens (tertiary/aromatic N) is 1. The van der Waals surface area contributed by atoms with Crippen molar-refractivity contribution in [3.05, 3.63) is 41.8 Å². The van der Waals surface area contributed by atoms with Gasteiger partial charge in [-0.3, -0.25) is 9.78 Å². The lowest BCUT2D eigenvalue weighted by molar-refractivity contribution is -0.120. The summed E-state index contributed by atoms with van der Waals surface area (Å²) in [6.07, 6.45) is 0.717. The molecule has 0 radical (unpaired) electrons. The minimum atomic E-state index is -0.302. The van der Waals surface area contributed by atoms with Gasteiger partial charge in [0.15, 0.2) is 0 Å². The second-order valence-electron chi connectivity index (χ2n) is 4.24. The molecule has 100 valence electrons. The predicted molar refractivity (Wildman–Crippen MR) is 70.1 cm³/mol. The molecule has 0 fully saturated rings. The van der Waals surface area contributed by atoms with Gasteiger partial charge in [-0.1, -0.05) is 6.07 Å². The van der Waals surface area contributed by atoms with Crippen LogP contribution in [-0.2, 0) is 11.2 Å². The van der Waals surface area contributed by atoms with Crippen LogP contribution in [0, 0.1) is 5.82 Å². The van der Waals surface area contributed by atoms with E-state index in [2.05, 4.69) is 10.3 Å². The minimum Gasteiger partial charge on any atom is -0.396 e. The highest BCUT2D eigenvalue weighted by Gasteiger charge is 2.05. The fourth-order valence-electron chi connectivity index (χ4n) is 1.77. The van der Waals surface area contributed by atoms with Gasteiger partial charge in [-0.2, -0.15) is 0 Å². The summed E-state index contributed by atoms with van der Waals surface area (Å²) in [4.78, 5) is 15.9. The van der Waals surface area contributed by atoms with Gasteiger partial charge in [0.25, 0.3) is 0 Å². The first-order valence-corrected chi connectivity index (χ1v) is 6.12. The van der Waals surface area contributed by atoms with Crippen molar-refractivity contribution in [1.29, 1.82) is 0 Å². The zero-order valence-corrected chi connectivity index (χ0v) is 10.4. The maximum atomic E-state index is 13.0. The number of benzene rings is 1. The number of pyridine rings is 1. The lowest BCUT2D eigenvalue weighted by Crippen LogP contribution is -2.26. The van der Waals surface area contributed by atoms with E-state index in [-0.39, 0.29) is 24.8 Å². The van der Waals surface area contributed by atoms with Crippen molar-refractivity contribution in [3.63, 3.8) is 0 Å². The first-order chi connectivity index (χ1) is 9.19. The van der Waals surface area contributed by atoms with Crippen molar-refractivity contribution in [2.45, 2.75) is 12.8 Å². The molecule has 4 nitrogen and oxygen atoms in total. The van der Waals surface area contributed by atoms with Crippen LogP contribution in [0.4, 0.5) is 4.39 Å². The van der Waals surface area contributed by atoms with Gasteiger partial charge in [0, 0.05) is 18.5 Å². The number of nitrogens with one attached hydrogen (secondary N) is 1. The van der Waals surface area contributed by atoms with Crippen molar-refractivity contribution >= 4 is 16.8 Å². The van der Waals surface area contributed by atoms with Crippen molar-refractivity contribution in [2.75, 3.05) is 13.2 Å². The minimum absolute atomic E-state index is 0.0556. The van der Waals surface area contributed by atoms with Gasteiger partial charge in [-0.25, -0.2) is 4.39 Å². The summed E-state index contributed by atoms with van der Waals surface area (Å²) in [5, 5.41) is 12.0. The molecule has 0 saturated carbocycles. The largest absolute Gasteiger partial charge is 0.396 e. The molecule has 0 aliphatic heterocycles. The van der Waals surface area contributed by atoms with E-state index >= 15 is 0 Å². The fraction of sp³-hybridized carbons (Fsp3) is 0.286. The fourth-order valence-corrected chi connectivity index (χ4v) is 1.77. The SMILES string of the molecule is O=C(Cc1ccc2cc(F)ccc2n1)NCCCO. The summed E-state index contributed by atoms with van der Waals surface area (Å²) in [7, 11) is 0. The molecule has 1 amide bonds. The van der Waals surface area contributed by atoms with Crippen LogP contribution in [0.15, 0.2) is 30.3 Å². The Hall–Kier alpha value is -2.01. The first kappa shape index (κ1) is 13.4. The Morgan fingerprint density at radius 3 is 2.95 bits per heavy atom. The van der Waals surface area contributed by atoms with E-state index < -0.39 is 0 Å². The van der Waals surface area contributed by atoms with Gasteiger partial charge in [-0.15, -0.1) is 0 Å². The van der Waals surface area contributed by atoms with Crippen LogP contribution in [0.1, 0.15) is 12.1 Å². The molecular formula is C14H15FN2O2. The average molecular weight is 262 g/mol. The van der Waals surface area contributed by atoms with Crippen molar-refractivity contribution < 1.29 is 14.3 Å². The third-order valence-electron chi connectivity index (χ3n) is 2.71. The molecule has 0 spiro atoms. The van der Waals surface area contributed by atoms with Crippen molar-refractivity contribution in [3.8, 4) is 0 Å². The van der Waals surface area contributed by atoms with E-state index in [0.717, 1.165) is 0 Å². The van der Waals surface area contributed by atoms with E-state index in [0.29, 0.717) is 29.6 Å². The van der Waals surface area contributed by atoms with E-state index in [9.17, 15) is 9.18 Å². The molecule has 2 aromatic rings. The second kappa shape index (κ2) is 6.24. The Labute approximate surface area is 110 Å². The molecule has 0 aliphatic rings. The molecule has 0 aliphatic carbocycles. The van der Waals surface area contributed by atoms with Crippen LogP contribution in [-0.4, -0.2) is 29.1 Å². The number of aliphatic hydroxyl groups excluding tert-OH is 1. The van der Waals surface area contributed by atoms with E-state index in [1.165, 1.54) is 12.1 Å². The Morgan fingerprint density at radius 2 is 2.16 bits per heavy atom. The van der Waals surface area contributed by atoms with Gasteiger partial charge in [0.05, 0.1) is 17.6 Å². The number of amides is 1. The quantitative estimate of drug-likeness (QED) is 0.801. The molecule has 0 bridgehead atoms. The highest BCUT2D eigenvalue weighted by molar-refractivity contribution is 5.81. The lowest BCUT2D eigenvalue weighted by atomic mass is 10.1. The Balaban J connectivity index is 2.05. The standard InChI is InChI=1S/C14H15FN2O2/c15-11-3-5-13-10(8-11)2-4-12(17-13)9-14(19)16-6-1-7-18/h2-5,8,18H,1,6-7,9H2,(H,16,19). The summed E-state index contributed by atoms with van der Waals surface area (Å²) >= 11 is 0. The smallest absolute Gasteiger partial charge is 0.226 e. The highest BCUT2D eigenvalue weighted by atomic mass is 19.1. The average Bonchev–Trinajstić information content (AvgIpc) is 2.39. The molecule has 0 atom stereocenters. The number of aliphatic hydroxyl groups is 1. The first-order valence-electron chi connectivity index (χ1n) is 6.12. The molecule has 5 heteroatoms. The van der Waals surface area contributed by atoms with Gasteiger partial charge < -0.3 is 10.4 Å². The van der Waals surface area contributed by atoms with Crippen molar-refractivity contribution in [2.24, 2.45) is 0 Å². The van der Waals surface area contributed by atoms with E-state index in [4.69, 9.17) is 5.11 Å². The van der Waals surface area contributed by atoms with Crippen LogP contribution in [0.3, 0.4) is 0 Å². The van der Waals surface area contributed by atoms with E-state index in [1.54, 1.807) is 18.2 Å². The molecule has 0 unspecified atom stereocenters. The molecule has 1 aromatic heterocycles. The van der Waals surface area contributed by atoms with E-state index in [1.807, 2.05) is 0 Å². The predicted octanol–water partition coefficient (Wildman–Crippen LogP) is 1.41. The molecule has 0 saturated heterocycles. The summed E-state index contributed by atoms with van der Waals surface area (Å²) in [6.45, 7) is 0.508. The monoisotopic (exact) mass is 262 g/mol. The summed E-state index contributed by atoms with van der Waals surface area (Å²) in [6, 6.07) is 7.82. The third kappa shape index (κ3) is 3.72. The van der Waals surface area contributed by atoms with Crippen LogP contribution < -0.4 is 5.32 Å². The van der Waals surface area contributed by atoms with Crippen LogP contribution in [0.5, 0.6) is 0 Å². The normalized spacial score (nSPS) is 10.6.